The predicted molar refractivity (Wildman–Crippen MR) is 104 cm³/mol. The number of carbonyl (C=O) groups excluding carboxylic acids is 2. The van der Waals surface area contributed by atoms with E-state index < -0.39 is 0 Å². The molecule has 7 nitrogen and oxygen atoms in total. The lowest BCUT2D eigenvalue weighted by molar-refractivity contribution is -0.114. The SMILES string of the molecule is COc1ccc(NC(=O)N(CC2CCC2)C[C@H]2CCCO2)cc1NC(C)=O. The van der Waals surface area contributed by atoms with Crippen LogP contribution in [-0.4, -0.2) is 49.7 Å². The number of anilines is 2. The maximum atomic E-state index is 12.9. The molecule has 0 bridgehead atoms. The fourth-order valence-electron chi connectivity index (χ4n) is 3.54. The number of benzene rings is 1. The Morgan fingerprint density at radius 3 is 2.59 bits per heavy atom. The van der Waals surface area contributed by atoms with Crippen LogP contribution in [0, 0.1) is 5.92 Å². The summed E-state index contributed by atoms with van der Waals surface area (Å²) in [4.78, 5) is 26.2. The molecule has 2 fully saturated rings. The Hall–Kier alpha value is -2.28. The van der Waals surface area contributed by atoms with Crippen LogP contribution >= 0.6 is 0 Å². The Labute approximate surface area is 160 Å². The van der Waals surface area contributed by atoms with Gasteiger partial charge in [0.05, 0.1) is 18.9 Å². The van der Waals surface area contributed by atoms with E-state index in [9.17, 15) is 9.59 Å². The van der Waals surface area contributed by atoms with Crippen LogP contribution in [0.25, 0.3) is 0 Å². The van der Waals surface area contributed by atoms with Gasteiger partial charge in [0.2, 0.25) is 5.91 Å². The molecule has 1 heterocycles. The van der Waals surface area contributed by atoms with Gasteiger partial charge < -0.3 is 25.0 Å². The molecule has 1 aromatic carbocycles. The van der Waals surface area contributed by atoms with Crippen LogP contribution in [-0.2, 0) is 9.53 Å². The lowest BCUT2D eigenvalue weighted by Crippen LogP contribution is -2.44. The Morgan fingerprint density at radius 2 is 2.00 bits per heavy atom. The molecule has 27 heavy (non-hydrogen) atoms. The van der Waals surface area contributed by atoms with Crippen LogP contribution in [0.5, 0.6) is 5.75 Å². The van der Waals surface area contributed by atoms with E-state index in [1.54, 1.807) is 25.3 Å². The van der Waals surface area contributed by atoms with Crippen LogP contribution in [0.15, 0.2) is 18.2 Å². The van der Waals surface area contributed by atoms with Gasteiger partial charge in [-0.3, -0.25) is 4.79 Å². The summed E-state index contributed by atoms with van der Waals surface area (Å²) in [6.45, 7) is 3.60. The Bertz CT molecular complexity index is 669. The highest BCUT2D eigenvalue weighted by molar-refractivity contribution is 5.94. The molecule has 3 amide bonds. The summed E-state index contributed by atoms with van der Waals surface area (Å²) in [5, 5.41) is 5.69. The highest BCUT2D eigenvalue weighted by Gasteiger charge is 2.27. The van der Waals surface area contributed by atoms with E-state index in [1.165, 1.54) is 26.2 Å². The van der Waals surface area contributed by atoms with E-state index in [2.05, 4.69) is 10.6 Å². The lowest BCUT2D eigenvalue weighted by atomic mass is 9.85. The molecule has 2 aliphatic rings. The number of amides is 3. The number of nitrogens with one attached hydrogen (secondary N) is 2. The van der Waals surface area contributed by atoms with Crippen molar-refractivity contribution in [1.82, 2.24) is 4.90 Å². The van der Waals surface area contributed by atoms with Crippen molar-refractivity contribution in [1.29, 1.82) is 0 Å². The third-order valence-corrected chi connectivity index (χ3v) is 5.20. The molecule has 1 aliphatic heterocycles. The van der Waals surface area contributed by atoms with Gasteiger partial charge in [-0.1, -0.05) is 6.42 Å². The third-order valence-electron chi connectivity index (χ3n) is 5.20. The van der Waals surface area contributed by atoms with Crippen molar-refractivity contribution in [2.75, 3.05) is 37.4 Å². The number of ether oxygens (including phenoxy) is 2. The standard InChI is InChI=1S/C20H29N3O4/c1-14(24)21-18-11-16(8-9-19(18)26-2)22-20(25)23(12-15-5-3-6-15)13-17-7-4-10-27-17/h8-9,11,15,17H,3-7,10,12-13H2,1-2H3,(H,21,24)(H,22,25)/t17-/m1/s1. The summed E-state index contributed by atoms with van der Waals surface area (Å²) < 4.78 is 11.0. The van der Waals surface area contributed by atoms with Crippen LogP contribution in [0.4, 0.5) is 16.2 Å². The van der Waals surface area contributed by atoms with E-state index in [0.29, 0.717) is 29.6 Å². The highest BCUT2D eigenvalue weighted by Crippen LogP contribution is 2.30. The molecule has 0 spiro atoms. The van der Waals surface area contributed by atoms with Crippen LogP contribution in [0.1, 0.15) is 39.0 Å². The Morgan fingerprint density at radius 1 is 1.19 bits per heavy atom. The zero-order valence-corrected chi connectivity index (χ0v) is 16.1. The van der Waals surface area contributed by atoms with Gasteiger partial charge in [0, 0.05) is 32.3 Å². The van der Waals surface area contributed by atoms with Crippen LogP contribution in [0.3, 0.4) is 0 Å². The fourth-order valence-corrected chi connectivity index (χ4v) is 3.54. The number of hydrogen-bond donors (Lipinski definition) is 2. The largest absolute Gasteiger partial charge is 0.495 e. The average molecular weight is 375 g/mol. The van der Waals surface area contributed by atoms with E-state index in [4.69, 9.17) is 9.47 Å². The van der Waals surface area contributed by atoms with Crippen molar-refractivity contribution in [3.05, 3.63) is 18.2 Å². The van der Waals surface area contributed by atoms with Gasteiger partial charge in [0.15, 0.2) is 0 Å². The zero-order valence-electron chi connectivity index (χ0n) is 16.1. The van der Waals surface area contributed by atoms with Crippen molar-refractivity contribution < 1.29 is 19.1 Å². The van der Waals surface area contributed by atoms with E-state index in [1.807, 2.05) is 4.90 Å². The smallest absolute Gasteiger partial charge is 0.321 e. The summed E-state index contributed by atoms with van der Waals surface area (Å²) >= 11 is 0. The fraction of sp³-hybridized carbons (Fsp3) is 0.600. The molecular weight excluding hydrogens is 346 g/mol. The lowest BCUT2D eigenvalue weighted by Gasteiger charge is -2.33. The summed E-state index contributed by atoms with van der Waals surface area (Å²) in [6.07, 6.45) is 5.81. The summed E-state index contributed by atoms with van der Waals surface area (Å²) in [5.74, 6) is 0.943. The van der Waals surface area contributed by atoms with Crippen molar-refractivity contribution >= 4 is 23.3 Å². The molecule has 148 valence electrons. The molecule has 0 aromatic heterocycles. The first kappa shape index (κ1) is 19.5. The minimum atomic E-state index is -0.193. The molecule has 7 heteroatoms. The summed E-state index contributed by atoms with van der Waals surface area (Å²) in [7, 11) is 1.54. The molecule has 1 aromatic rings. The van der Waals surface area contributed by atoms with E-state index in [0.717, 1.165) is 26.0 Å². The van der Waals surface area contributed by atoms with Gasteiger partial charge in [0.1, 0.15) is 5.75 Å². The summed E-state index contributed by atoms with van der Waals surface area (Å²) in [6, 6.07) is 5.09. The molecule has 0 unspecified atom stereocenters. The Balaban J connectivity index is 1.68. The van der Waals surface area contributed by atoms with Crippen molar-refractivity contribution in [2.45, 2.75) is 45.1 Å². The van der Waals surface area contributed by atoms with Crippen LogP contribution < -0.4 is 15.4 Å². The number of hydrogen-bond acceptors (Lipinski definition) is 4. The topological polar surface area (TPSA) is 79.9 Å². The maximum absolute atomic E-state index is 12.9. The summed E-state index contributed by atoms with van der Waals surface area (Å²) in [5.41, 5.74) is 1.16. The van der Waals surface area contributed by atoms with Crippen molar-refractivity contribution in [3.8, 4) is 5.75 Å². The number of carbonyl (C=O) groups is 2. The maximum Gasteiger partial charge on any atom is 0.321 e. The van der Waals surface area contributed by atoms with Gasteiger partial charge in [-0.15, -0.1) is 0 Å². The number of urea groups is 1. The average Bonchev–Trinajstić information content (AvgIpc) is 3.09. The molecule has 0 radical (unpaired) electrons. The first-order valence-electron chi connectivity index (χ1n) is 9.68. The van der Waals surface area contributed by atoms with E-state index >= 15 is 0 Å². The molecule has 2 N–H and O–H groups in total. The second kappa shape index (κ2) is 9.08. The normalized spacial score (nSPS) is 19.3. The molecule has 1 aliphatic carbocycles. The third kappa shape index (κ3) is 5.35. The first-order chi connectivity index (χ1) is 13.0. The van der Waals surface area contributed by atoms with Crippen molar-refractivity contribution in [3.63, 3.8) is 0 Å². The molecular formula is C20H29N3O4. The molecule has 1 atom stereocenters. The molecule has 3 rings (SSSR count). The van der Waals surface area contributed by atoms with Gasteiger partial charge in [-0.25, -0.2) is 4.79 Å². The molecule has 1 saturated carbocycles. The van der Waals surface area contributed by atoms with Gasteiger partial charge in [-0.05, 0) is 49.8 Å². The van der Waals surface area contributed by atoms with Crippen LogP contribution in [0.2, 0.25) is 0 Å². The number of methoxy groups -OCH3 is 1. The number of rotatable bonds is 7. The minimum absolute atomic E-state index is 0.127. The first-order valence-corrected chi connectivity index (χ1v) is 9.68. The van der Waals surface area contributed by atoms with Gasteiger partial charge >= 0.3 is 6.03 Å². The molecule has 1 saturated heterocycles. The number of nitrogens with zero attached hydrogens (tertiary/aromatic N) is 1. The monoisotopic (exact) mass is 375 g/mol. The minimum Gasteiger partial charge on any atom is -0.495 e. The van der Waals surface area contributed by atoms with E-state index in [-0.39, 0.29) is 18.0 Å². The Kier molecular flexibility index (Phi) is 6.55. The predicted octanol–water partition coefficient (Wildman–Crippen LogP) is 3.47. The van der Waals surface area contributed by atoms with Crippen molar-refractivity contribution in [2.24, 2.45) is 5.92 Å². The van der Waals surface area contributed by atoms with Gasteiger partial charge in [0.25, 0.3) is 0 Å². The highest BCUT2D eigenvalue weighted by atomic mass is 16.5. The zero-order chi connectivity index (χ0) is 19.2. The second-order valence-corrected chi connectivity index (χ2v) is 7.36. The quantitative estimate of drug-likeness (QED) is 0.765. The second-order valence-electron chi connectivity index (χ2n) is 7.36. The van der Waals surface area contributed by atoms with Gasteiger partial charge in [-0.2, -0.15) is 0 Å².